The van der Waals surface area contributed by atoms with Crippen LogP contribution in [0.4, 0.5) is 5.82 Å². The number of halogens is 1. The Hall–Kier alpha value is -2.02. The quantitative estimate of drug-likeness (QED) is 0.855. The molecular formula is C12H10BrN3O3. The second kappa shape index (κ2) is 4.27. The maximum atomic E-state index is 11.1. The minimum atomic E-state index is 0.0831. The number of nitrogens with zero attached hydrogens (tertiary/aromatic N) is 2. The molecule has 1 aliphatic heterocycles. The molecule has 0 atom stereocenters. The van der Waals surface area contributed by atoms with Crippen molar-refractivity contribution in [1.29, 1.82) is 0 Å². The normalized spacial score (nSPS) is 12.7. The van der Waals surface area contributed by atoms with Gasteiger partial charge in [-0.05, 0) is 22.0 Å². The SMILES string of the molecule is Cn1ncc(-c2cc(Br)c(C=O)c3c2OCO3)c1N. The van der Waals surface area contributed by atoms with Crippen molar-refractivity contribution in [2.45, 2.75) is 0 Å². The van der Waals surface area contributed by atoms with Gasteiger partial charge in [-0.3, -0.25) is 9.48 Å². The third-order valence-corrected chi connectivity index (χ3v) is 3.68. The van der Waals surface area contributed by atoms with Crippen molar-refractivity contribution < 1.29 is 14.3 Å². The Labute approximate surface area is 117 Å². The zero-order valence-corrected chi connectivity index (χ0v) is 11.6. The Bertz CT molecular complexity index is 681. The summed E-state index contributed by atoms with van der Waals surface area (Å²) in [6.45, 7) is 0.0831. The average molecular weight is 324 g/mol. The molecule has 0 bridgehead atoms. The molecule has 98 valence electrons. The number of carbonyl (C=O) groups excluding carboxylic acids is 1. The molecule has 0 fully saturated rings. The van der Waals surface area contributed by atoms with Crippen LogP contribution in [-0.2, 0) is 7.05 Å². The van der Waals surface area contributed by atoms with E-state index in [4.69, 9.17) is 15.2 Å². The minimum Gasteiger partial charge on any atom is -0.453 e. The molecule has 0 saturated heterocycles. The summed E-state index contributed by atoms with van der Waals surface area (Å²) >= 11 is 3.35. The van der Waals surface area contributed by atoms with E-state index in [1.165, 1.54) is 0 Å². The Morgan fingerprint density at radius 3 is 2.79 bits per heavy atom. The summed E-state index contributed by atoms with van der Waals surface area (Å²) in [4.78, 5) is 11.1. The lowest BCUT2D eigenvalue weighted by molar-refractivity contribution is 0.111. The lowest BCUT2D eigenvalue weighted by Gasteiger charge is -2.08. The highest BCUT2D eigenvalue weighted by Gasteiger charge is 2.26. The smallest absolute Gasteiger partial charge is 0.231 e. The van der Waals surface area contributed by atoms with Crippen LogP contribution in [-0.4, -0.2) is 22.9 Å². The summed E-state index contributed by atoms with van der Waals surface area (Å²) in [6.07, 6.45) is 2.38. The fourth-order valence-corrected chi connectivity index (χ4v) is 2.52. The number of carbonyl (C=O) groups is 1. The Kier molecular flexibility index (Phi) is 2.70. The zero-order valence-electron chi connectivity index (χ0n) is 10.0. The second-order valence-electron chi connectivity index (χ2n) is 4.07. The molecule has 1 aromatic carbocycles. The number of fused-ring (bicyclic) bond motifs is 1. The van der Waals surface area contributed by atoms with E-state index in [9.17, 15) is 4.79 Å². The number of aromatic nitrogens is 2. The number of anilines is 1. The van der Waals surface area contributed by atoms with Gasteiger partial charge in [-0.25, -0.2) is 0 Å². The predicted octanol–water partition coefficient (Wildman–Crippen LogP) is 1.97. The Balaban J connectivity index is 2.29. The lowest BCUT2D eigenvalue weighted by Crippen LogP contribution is -1.98. The van der Waals surface area contributed by atoms with E-state index in [0.29, 0.717) is 27.4 Å². The van der Waals surface area contributed by atoms with Gasteiger partial charge in [0.25, 0.3) is 0 Å². The highest BCUT2D eigenvalue weighted by atomic mass is 79.9. The van der Waals surface area contributed by atoms with Gasteiger partial charge in [0.2, 0.25) is 6.79 Å². The topological polar surface area (TPSA) is 79.4 Å². The molecule has 1 aromatic heterocycles. The van der Waals surface area contributed by atoms with Gasteiger partial charge in [-0.1, -0.05) is 0 Å². The summed E-state index contributed by atoms with van der Waals surface area (Å²) in [5.74, 6) is 1.47. The van der Waals surface area contributed by atoms with Crippen LogP contribution in [0.5, 0.6) is 11.5 Å². The summed E-state index contributed by atoms with van der Waals surface area (Å²) in [7, 11) is 1.76. The van der Waals surface area contributed by atoms with Crippen molar-refractivity contribution in [2.24, 2.45) is 7.05 Å². The molecule has 2 heterocycles. The standard InChI is InChI=1S/C12H10BrN3O3/c1-16-12(14)7(3-15-16)6-2-9(13)8(4-17)11-10(6)18-5-19-11/h2-4H,5,14H2,1H3. The molecule has 0 saturated carbocycles. The molecule has 0 radical (unpaired) electrons. The van der Waals surface area contributed by atoms with Crippen LogP contribution in [0.15, 0.2) is 16.7 Å². The van der Waals surface area contributed by atoms with E-state index in [1.54, 1.807) is 24.0 Å². The van der Waals surface area contributed by atoms with Crippen LogP contribution in [0.1, 0.15) is 10.4 Å². The van der Waals surface area contributed by atoms with E-state index in [-0.39, 0.29) is 6.79 Å². The maximum absolute atomic E-state index is 11.1. The zero-order chi connectivity index (χ0) is 13.6. The second-order valence-corrected chi connectivity index (χ2v) is 4.92. The number of nitrogens with two attached hydrogens (primary N) is 1. The average Bonchev–Trinajstić information content (AvgIpc) is 2.98. The van der Waals surface area contributed by atoms with Crippen LogP contribution in [0.3, 0.4) is 0 Å². The first kappa shape index (κ1) is 12.0. The van der Waals surface area contributed by atoms with E-state index >= 15 is 0 Å². The number of hydrogen-bond donors (Lipinski definition) is 1. The highest BCUT2D eigenvalue weighted by Crippen LogP contribution is 2.47. The van der Waals surface area contributed by atoms with Crippen molar-refractivity contribution in [3.8, 4) is 22.6 Å². The van der Waals surface area contributed by atoms with Gasteiger partial charge in [-0.15, -0.1) is 0 Å². The first-order valence-electron chi connectivity index (χ1n) is 5.48. The summed E-state index contributed by atoms with van der Waals surface area (Å²) in [5.41, 5.74) is 7.88. The van der Waals surface area contributed by atoms with Crippen LogP contribution < -0.4 is 15.2 Å². The fraction of sp³-hybridized carbons (Fsp3) is 0.167. The molecule has 1 aliphatic rings. The van der Waals surface area contributed by atoms with E-state index in [2.05, 4.69) is 21.0 Å². The molecule has 0 unspecified atom stereocenters. The van der Waals surface area contributed by atoms with Crippen molar-refractivity contribution in [3.05, 3.63) is 22.3 Å². The maximum Gasteiger partial charge on any atom is 0.231 e. The number of nitrogen functional groups attached to an aromatic ring is 1. The molecule has 0 amide bonds. The Morgan fingerprint density at radius 1 is 1.42 bits per heavy atom. The van der Waals surface area contributed by atoms with Crippen molar-refractivity contribution in [1.82, 2.24) is 9.78 Å². The predicted molar refractivity (Wildman–Crippen MR) is 72.3 cm³/mol. The first-order valence-corrected chi connectivity index (χ1v) is 6.28. The number of benzene rings is 1. The number of aldehydes is 1. The summed E-state index contributed by atoms with van der Waals surface area (Å²) in [5, 5.41) is 4.10. The van der Waals surface area contributed by atoms with E-state index in [0.717, 1.165) is 17.4 Å². The van der Waals surface area contributed by atoms with Gasteiger partial charge >= 0.3 is 0 Å². The molecular weight excluding hydrogens is 314 g/mol. The van der Waals surface area contributed by atoms with E-state index in [1.807, 2.05) is 0 Å². The van der Waals surface area contributed by atoms with Gasteiger partial charge in [0.15, 0.2) is 17.8 Å². The van der Waals surface area contributed by atoms with Gasteiger partial charge in [0, 0.05) is 22.6 Å². The van der Waals surface area contributed by atoms with Crippen LogP contribution >= 0.6 is 15.9 Å². The third-order valence-electron chi connectivity index (χ3n) is 3.02. The molecule has 2 aromatic rings. The molecule has 6 nitrogen and oxygen atoms in total. The highest BCUT2D eigenvalue weighted by molar-refractivity contribution is 9.10. The Morgan fingerprint density at radius 2 is 2.16 bits per heavy atom. The number of aryl methyl sites for hydroxylation is 1. The minimum absolute atomic E-state index is 0.0831. The van der Waals surface area contributed by atoms with Crippen LogP contribution in [0.25, 0.3) is 11.1 Å². The molecule has 7 heteroatoms. The van der Waals surface area contributed by atoms with Crippen molar-refractivity contribution in [2.75, 3.05) is 12.5 Å². The number of hydrogen-bond acceptors (Lipinski definition) is 5. The molecule has 2 N–H and O–H groups in total. The first-order chi connectivity index (χ1) is 9.13. The molecule has 0 spiro atoms. The van der Waals surface area contributed by atoms with Gasteiger partial charge in [-0.2, -0.15) is 5.10 Å². The van der Waals surface area contributed by atoms with Crippen molar-refractivity contribution >= 4 is 28.0 Å². The summed E-state index contributed by atoms with van der Waals surface area (Å²) in [6, 6.07) is 1.78. The number of rotatable bonds is 2. The number of ether oxygens (including phenoxy) is 2. The van der Waals surface area contributed by atoms with Crippen LogP contribution in [0.2, 0.25) is 0 Å². The van der Waals surface area contributed by atoms with Gasteiger partial charge < -0.3 is 15.2 Å². The summed E-state index contributed by atoms with van der Waals surface area (Å²) < 4.78 is 13.0. The van der Waals surface area contributed by atoms with Crippen molar-refractivity contribution in [3.63, 3.8) is 0 Å². The van der Waals surface area contributed by atoms with Gasteiger partial charge in [0.05, 0.1) is 11.8 Å². The van der Waals surface area contributed by atoms with E-state index < -0.39 is 0 Å². The molecule has 3 rings (SSSR count). The molecule has 0 aliphatic carbocycles. The largest absolute Gasteiger partial charge is 0.453 e. The third kappa shape index (κ3) is 1.69. The monoisotopic (exact) mass is 323 g/mol. The fourth-order valence-electron chi connectivity index (χ4n) is 2.02. The lowest BCUT2D eigenvalue weighted by atomic mass is 10.0. The van der Waals surface area contributed by atoms with Crippen LogP contribution in [0, 0.1) is 0 Å². The molecule has 19 heavy (non-hydrogen) atoms. The van der Waals surface area contributed by atoms with Gasteiger partial charge in [0.1, 0.15) is 5.82 Å².